The van der Waals surface area contributed by atoms with E-state index >= 15 is 0 Å². The molecule has 3 heterocycles. The predicted molar refractivity (Wildman–Crippen MR) is 57.2 cm³/mol. The maximum Gasteiger partial charge on any atom is 0.114 e. The van der Waals surface area contributed by atoms with E-state index in [9.17, 15) is 0 Å². The first kappa shape index (κ1) is 8.83. The van der Waals surface area contributed by atoms with Crippen molar-refractivity contribution < 1.29 is 0 Å². The van der Waals surface area contributed by atoms with Crippen molar-refractivity contribution in [2.45, 2.75) is 30.8 Å². The van der Waals surface area contributed by atoms with Crippen molar-refractivity contribution in [3.63, 3.8) is 0 Å². The molecule has 2 fully saturated rings. The SMILES string of the molecule is NC1(c2nccs2)CCN2CCCC21. The van der Waals surface area contributed by atoms with E-state index < -0.39 is 0 Å². The molecule has 14 heavy (non-hydrogen) atoms. The Hall–Kier alpha value is -0.450. The molecular formula is C10H15N3S. The third kappa shape index (κ3) is 1.08. The van der Waals surface area contributed by atoms with Crippen LogP contribution in [-0.2, 0) is 5.54 Å². The molecule has 2 aliphatic rings. The monoisotopic (exact) mass is 209 g/mol. The van der Waals surface area contributed by atoms with Gasteiger partial charge >= 0.3 is 0 Å². The summed E-state index contributed by atoms with van der Waals surface area (Å²) in [6, 6.07) is 0.550. The summed E-state index contributed by atoms with van der Waals surface area (Å²) in [5, 5.41) is 3.16. The summed E-state index contributed by atoms with van der Waals surface area (Å²) < 4.78 is 0. The van der Waals surface area contributed by atoms with E-state index in [1.807, 2.05) is 11.6 Å². The number of nitrogens with two attached hydrogens (primary N) is 1. The number of hydrogen-bond acceptors (Lipinski definition) is 4. The van der Waals surface area contributed by atoms with Crippen molar-refractivity contribution in [1.29, 1.82) is 0 Å². The van der Waals surface area contributed by atoms with Gasteiger partial charge in [0.15, 0.2) is 0 Å². The van der Waals surface area contributed by atoms with Gasteiger partial charge in [-0.25, -0.2) is 4.98 Å². The van der Waals surface area contributed by atoms with Crippen molar-refractivity contribution in [3.05, 3.63) is 16.6 Å². The molecule has 1 aromatic heterocycles. The third-order valence-corrected chi connectivity index (χ3v) is 4.57. The van der Waals surface area contributed by atoms with E-state index in [0.29, 0.717) is 6.04 Å². The Morgan fingerprint density at radius 3 is 3.29 bits per heavy atom. The van der Waals surface area contributed by atoms with Gasteiger partial charge in [-0.15, -0.1) is 11.3 Å². The first-order valence-corrected chi connectivity index (χ1v) is 6.11. The standard InChI is InChI=1S/C10H15N3S/c11-10(9-12-4-7-14-9)3-6-13-5-1-2-8(10)13/h4,7-8H,1-3,5-6,11H2. The largest absolute Gasteiger partial charge is 0.318 e. The molecule has 2 aliphatic heterocycles. The zero-order chi connectivity index (χ0) is 9.60. The average Bonchev–Trinajstić information content (AvgIpc) is 2.84. The fourth-order valence-electron chi connectivity index (χ4n) is 2.88. The molecule has 4 heteroatoms. The minimum absolute atomic E-state index is 0.148. The van der Waals surface area contributed by atoms with Gasteiger partial charge in [0.25, 0.3) is 0 Å². The van der Waals surface area contributed by atoms with E-state index in [1.165, 1.54) is 19.4 Å². The van der Waals surface area contributed by atoms with Gasteiger partial charge < -0.3 is 5.73 Å². The summed E-state index contributed by atoms with van der Waals surface area (Å²) in [5.74, 6) is 0. The quantitative estimate of drug-likeness (QED) is 0.755. The number of aromatic nitrogens is 1. The molecule has 0 bridgehead atoms. The first-order chi connectivity index (χ1) is 6.81. The summed E-state index contributed by atoms with van der Waals surface area (Å²) >= 11 is 1.71. The number of thiazole rings is 1. The average molecular weight is 209 g/mol. The molecule has 2 N–H and O–H groups in total. The molecule has 3 rings (SSSR count). The van der Waals surface area contributed by atoms with Crippen molar-refractivity contribution >= 4 is 11.3 Å². The van der Waals surface area contributed by atoms with Crippen LogP contribution in [-0.4, -0.2) is 29.0 Å². The molecule has 0 aromatic carbocycles. The van der Waals surface area contributed by atoms with Crippen LogP contribution in [0.25, 0.3) is 0 Å². The van der Waals surface area contributed by atoms with E-state index in [4.69, 9.17) is 5.73 Å². The van der Waals surface area contributed by atoms with Crippen LogP contribution in [0.5, 0.6) is 0 Å². The molecule has 0 radical (unpaired) electrons. The van der Waals surface area contributed by atoms with Crippen LogP contribution >= 0.6 is 11.3 Å². The van der Waals surface area contributed by atoms with Gasteiger partial charge in [0, 0.05) is 24.2 Å². The Morgan fingerprint density at radius 1 is 1.57 bits per heavy atom. The Bertz CT molecular complexity index is 324. The molecule has 0 aliphatic carbocycles. The molecule has 2 saturated heterocycles. The van der Waals surface area contributed by atoms with Gasteiger partial charge in [0.05, 0.1) is 5.54 Å². The molecule has 1 aromatic rings. The zero-order valence-electron chi connectivity index (χ0n) is 8.15. The highest BCUT2D eigenvalue weighted by Crippen LogP contribution is 2.41. The second kappa shape index (κ2) is 3.02. The Balaban J connectivity index is 1.97. The lowest BCUT2D eigenvalue weighted by Gasteiger charge is -2.28. The Morgan fingerprint density at radius 2 is 2.50 bits per heavy atom. The molecule has 0 saturated carbocycles. The summed E-state index contributed by atoms with van der Waals surface area (Å²) in [7, 11) is 0. The highest BCUT2D eigenvalue weighted by molar-refractivity contribution is 7.09. The Labute approximate surface area is 87.9 Å². The maximum atomic E-state index is 6.52. The predicted octanol–water partition coefficient (Wildman–Crippen LogP) is 1.17. The lowest BCUT2D eigenvalue weighted by Crippen LogP contribution is -2.46. The van der Waals surface area contributed by atoms with E-state index in [2.05, 4.69) is 9.88 Å². The molecule has 0 amide bonds. The van der Waals surface area contributed by atoms with Crippen LogP contribution in [0.4, 0.5) is 0 Å². The topological polar surface area (TPSA) is 42.1 Å². The van der Waals surface area contributed by atoms with Crippen molar-refractivity contribution in [3.8, 4) is 0 Å². The zero-order valence-corrected chi connectivity index (χ0v) is 8.96. The summed E-state index contributed by atoms with van der Waals surface area (Å²) in [5.41, 5.74) is 6.37. The van der Waals surface area contributed by atoms with E-state index in [-0.39, 0.29) is 5.54 Å². The number of nitrogens with zero attached hydrogens (tertiary/aromatic N) is 2. The molecule has 2 unspecified atom stereocenters. The Kier molecular flexibility index (Phi) is 1.90. The molecule has 0 spiro atoms. The van der Waals surface area contributed by atoms with Crippen LogP contribution in [0, 0.1) is 0 Å². The minimum atomic E-state index is -0.148. The molecule has 76 valence electrons. The van der Waals surface area contributed by atoms with Gasteiger partial charge in [-0.3, -0.25) is 4.90 Å². The summed E-state index contributed by atoms with van der Waals surface area (Å²) in [6.45, 7) is 2.38. The molecule has 3 nitrogen and oxygen atoms in total. The second-order valence-corrected chi connectivity index (χ2v) is 5.22. The van der Waals surface area contributed by atoms with Gasteiger partial charge in [0.2, 0.25) is 0 Å². The van der Waals surface area contributed by atoms with E-state index in [0.717, 1.165) is 18.0 Å². The summed E-state index contributed by atoms with van der Waals surface area (Å²) in [6.07, 6.45) is 5.49. The van der Waals surface area contributed by atoms with Gasteiger partial charge in [-0.05, 0) is 25.8 Å². The lowest BCUT2D eigenvalue weighted by molar-refractivity contribution is 0.266. The highest BCUT2D eigenvalue weighted by Gasteiger charge is 2.48. The highest BCUT2D eigenvalue weighted by atomic mass is 32.1. The first-order valence-electron chi connectivity index (χ1n) is 5.23. The van der Waals surface area contributed by atoms with Gasteiger partial charge in [-0.1, -0.05) is 0 Å². The normalized spacial score (nSPS) is 37.6. The summed E-state index contributed by atoms with van der Waals surface area (Å²) in [4.78, 5) is 6.93. The van der Waals surface area contributed by atoms with Crippen molar-refractivity contribution in [2.24, 2.45) is 5.73 Å². The third-order valence-electron chi connectivity index (χ3n) is 3.60. The maximum absolute atomic E-state index is 6.52. The van der Waals surface area contributed by atoms with Crippen LogP contribution in [0.2, 0.25) is 0 Å². The van der Waals surface area contributed by atoms with Crippen molar-refractivity contribution in [1.82, 2.24) is 9.88 Å². The van der Waals surface area contributed by atoms with Crippen LogP contribution < -0.4 is 5.73 Å². The second-order valence-electron chi connectivity index (χ2n) is 4.32. The van der Waals surface area contributed by atoms with E-state index in [1.54, 1.807) is 11.3 Å². The van der Waals surface area contributed by atoms with Gasteiger partial charge in [0.1, 0.15) is 5.01 Å². The molecular weight excluding hydrogens is 194 g/mol. The number of fused-ring (bicyclic) bond motifs is 1. The van der Waals surface area contributed by atoms with Crippen LogP contribution in [0.1, 0.15) is 24.3 Å². The minimum Gasteiger partial charge on any atom is -0.318 e. The molecule has 2 atom stereocenters. The van der Waals surface area contributed by atoms with Crippen LogP contribution in [0.3, 0.4) is 0 Å². The van der Waals surface area contributed by atoms with Crippen LogP contribution in [0.15, 0.2) is 11.6 Å². The number of rotatable bonds is 1. The lowest BCUT2D eigenvalue weighted by atomic mass is 9.90. The van der Waals surface area contributed by atoms with Crippen molar-refractivity contribution in [2.75, 3.05) is 13.1 Å². The fourth-order valence-corrected chi connectivity index (χ4v) is 3.70. The smallest absolute Gasteiger partial charge is 0.114 e. The fraction of sp³-hybridized carbons (Fsp3) is 0.700. The number of hydrogen-bond donors (Lipinski definition) is 1. The van der Waals surface area contributed by atoms with Gasteiger partial charge in [-0.2, -0.15) is 0 Å².